The molecule has 0 spiro atoms. The van der Waals surface area contributed by atoms with Crippen LogP contribution in [0.2, 0.25) is 0 Å². The molecule has 0 aromatic heterocycles. The molecule has 8 heteroatoms. The fourth-order valence-electron chi connectivity index (χ4n) is 0.906. The second kappa shape index (κ2) is 5.66. The number of hydrogen-bond donors (Lipinski definition) is 0. The minimum atomic E-state index is -4.22. The summed E-state index contributed by atoms with van der Waals surface area (Å²) < 4.78 is 27.9. The summed E-state index contributed by atoms with van der Waals surface area (Å²) in [5, 5.41) is 2.33. The van der Waals surface area contributed by atoms with Gasteiger partial charge in [0.05, 0.1) is 11.8 Å². The molecule has 0 atom stereocenters. The minimum Gasteiger partial charge on any atom is -0.366 e. The van der Waals surface area contributed by atoms with Gasteiger partial charge in [0.2, 0.25) is 0 Å². The Kier molecular flexibility index (Phi) is 4.51. The van der Waals surface area contributed by atoms with Crippen LogP contribution < -0.4 is 4.18 Å². The lowest BCUT2D eigenvalue weighted by Gasteiger charge is -2.13. The predicted octanol–water partition coefficient (Wildman–Crippen LogP) is 1.53. The van der Waals surface area contributed by atoms with Gasteiger partial charge in [0.15, 0.2) is 0 Å². The maximum absolute atomic E-state index is 11.5. The van der Waals surface area contributed by atoms with Crippen molar-refractivity contribution in [3.8, 4) is 5.75 Å². The van der Waals surface area contributed by atoms with Crippen LogP contribution in [0.15, 0.2) is 35.6 Å². The van der Waals surface area contributed by atoms with Gasteiger partial charge in [-0.3, -0.25) is 0 Å². The lowest BCUT2D eigenvalue weighted by Crippen LogP contribution is -2.31. The zero-order valence-electron chi connectivity index (χ0n) is 8.11. The van der Waals surface area contributed by atoms with E-state index in [0.29, 0.717) is 0 Å². The van der Waals surface area contributed by atoms with Gasteiger partial charge >= 0.3 is 10.3 Å². The van der Waals surface area contributed by atoms with Crippen molar-refractivity contribution in [3.05, 3.63) is 35.2 Å². The van der Waals surface area contributed by atoms with E-state index in [9.17, 15) is 13.3 Å². The zero-order valence-corrected chi connectivity index (χ0v) is 9.69. The van der Waals surface area contributed by atoms with Gasteiger partial charge in [-0.05, 0) is 12.1 Å². The van der Waals surface area contributed by atoms with Crippen LogP contribution in [0, 0.1) is 4.91 Å². The van der Waals surface area contributed by atoms with Gasteiger partial charge in [-0.2, -0.15) is 8.42 Å². The third-order valence-electron chi connectivity index (χ3n) is 1.57. The minimum absolute atomic E-state index is 0.0525. The van der Waals surface area contributed by atoms with Gasteiger partial charge in [0.1, 0.15) is 5.75 Å². The first-order chi connectivity index (χ1) is 7.60. The maximum atomic E-state index is 11.5. The molecule has 1 aromatic carbocycles. The fraction of sp³-hybridized carbons (Fsp3) is 0.250. The van der Waals surface area contributed by atoms with Crippen molar-refractivity contribution in [1.29, 1.82) is 0 Å². The highest BCUT2D eigenvalue weighted by Crippen LogP contribution is 2.14. The molecule has 16 heavy (non-hydrogen) atoms. The number of hydrogen-bond acceptors (Lipinski definition) is 5. The van der Waals surface area contributed by atoms with Crippen LogP contribution in [0.5, 0.6) is 5.75 Å². The van der Waals surface area contributed by atoms with E-state index in [1.807, 2.05) is 0 Å². The Balaban J connectivity index is 2.82. The molecule has 88 valence electrons. The van der Waals surface area contributed by atoms with Crippen LogP contribution in [0.3, 0.4) is 0 Å². The molecule has 0 heterocycles. The molecule has 6 nitrogen and oxygen atoms in total. The molecule has 1 rings (SSSR count). The van der Waals surface area contributed by atoms with Gasteiger partial charge < -0.3 is 4.18 Å². The highest BCUT2D eigenvalue weighted by Gasteiger charge is 2.23. The number of halogens is 1. The number of alkyl halides is 1. The molecular formula is C8H9ClN2O4S. The smallest absolute Gasteiger partial charge is 0.366 e. The molecule has 0 saturated heterocycles. The maximum Gasteiger partial charge on any atom is 0.427 e. The largest absolute Gasteiger partial charge is 0.427 e. The molecular weight excluding hydrogens is 256 g/mol. The molecule has 0 aliphatic heterocycles. The van der Waals surface area contributed by atoms with Crippen LogP contribution in [-0.2, 0) is 10.3 Å². The topological polar surface area (TPSA) is 76.0 Å². The van der Waals surface area contributed by atoms with E-state index in [1.54, 1.807) is 18.2 Å². The summed E-state index contributed by atoms with van der Waals surface area (Å²) in [6, 6.07) is 7.80. The van der Waals surface area contributed by atoms with Crippen molar-refractivity contribution >= 4 is 21.9 Å². The number of para-hydroxylation sites is 1. The Bertz CT molecular complexity index is 437. The normalized spacial score (nSPS) is 10.8. The van der Waals surface area contributed by atoms with E-state index in [2.05, 4.69) is 9.47 Å². The van der Waals surface area contributed by atoms with Crippen molar-refractivity contribution in [1.82, 2.24) is 4.41 Å². The van der Waals surface area contributed by atoms with Crippen LogP contribution >= 0.6 is 11.6 Å². The van der Waals surface area contributed by atoms with Crippen molar-refractivity contribution in [3.63, 3.8) is 0 Å². The number of nitroso groups, excluding NO2 is 1. The van der Waals surface area contributed by atoms with E-state index in [0.717, 1.165) is 0 Å². The second-order valence-corrected chi connectivity index (χ2v) is 4.49. The molecule has 0 saturated carbocycles. The van der Waals surface area contributed by atoms with Crippen LogP contribution in [0.4, 0.5) is 0 Å². The molecule has 0 fully saturated rings. The lowest BCUT2D eigenvalue weighted by molar-refractivity contribution is 0.375. The Morgan fingerprint density at radius 2 is 1.94 bits per heavy atom. The monoisotopic (exact) mass is 264 g/mol. The van der Waals surface area contributed by atoms with Crippen LogP contribution in [0.1, 0.15) is 0 Å². The Morgan fingerprint density at radius 1 is 1.31 bits per heavy atom. The van der Waals surface area contributed by atoms with Gasteiger partial charge in [-0.1, -0.05) is 18.2 Å². The molecule has 0 bridgehead atoms. The van der Waals surface area contributed by atoms with Gasteiger partial charge in [0, 0.05) is 5.88 Å². The highest BCUT2D eigenvalue weighted by atomic mass is 35.5. The van der Waals surface area contributed by atoms with Crippen molar-refractivity contribution in [2.45, 2.75) is 0 Å². The van der Waals surface area contributed by atoms with Gasteiger partial charge in [0.25, 0.3) is 0 Å². The lowest BCUT2D eigenvalue weighted by atomic mass is 10.3. The van der Waals surface area contributed by atoms with Gasteiger partial charge in [-0.15, -0.1) is 20.9 Å². The average Bonchev–Trinajstić information content (AvgIpc) is 2.26. The van der Waals surface area contributed by atoms with E-state index in [4.69, 9.17) is 11.6 Å². The van der Waals surface area contributed by atoms with Gasteiger partial charge in [-0.25, -0.2) is 0 Å². The molecule has 0 unspecified atom stereocenters. The Labute approximate surface area is 98.0 Å². The highest BCUT2D eigenvalue weighted by molar-refractivity contribution is 7.84. The predicted molar refractivity (Wildman–Crippen MR) is 59.2 cm³/mol. The summed E-state index contributed by atoms with van der Waals surface area (Å²) in [4.78, 5) is 10.3. The molecule has 0 amide bonds. The summed E-state index contributed by atoms with van der Waals surface area (Å²) >= 11 is 5.32. The van der Waals surface area contributed by atoms with Crippen molar-refractivity contribution in [2.24, 2.45) is 5.29 Å². The molecule has 0 N–H and O–H groups in total. The molecule has 0 aliphatic carbocycles. The third-order valence-corrected chi connectivity index (χ3v) is 2.91. The number of nitrogens with zero attached hydrogens (tertiary/aromatic N) is 2. The van der Waals surface area contributed by atoms with E-state index < -0.39 is 10.3 Å². The summed E-state index contributed by atoms with van der Waals surface area (Å²) in [6.45, 7) is -0.236. The van der Waals surface area contributed by atoms with E-state index in [-0.39, 0.29) is 22.6 Å². The molecule has 1 aromatic rings. The first-order valence-corrected chi connectivity index (χ1v) is 6.16. The van der Waals surface area contributed by atoms with Crippen LogP contribution in [-0.4, -0.2) is 25.3 Å². The average molecular weight is 265 g/mol. The summed E-state index contributed by atoms with van der Waals surface area (Å²) in [5.74, 6) is 0.0501. The van der Waals surface area contributed by atoms with Crippen LogP contribution in [0.25, 0.3) is 0 Å². The van der Waals surface area contributed by atoms with E-state index >= 15 is 0 Å². The van der Waals surface area contributed by atoms with E-state index in [1.165, 1.54) is 12.1 Å². The number of rotatable bonds is 6. The summed E-state index contributed by atoms with van der Waals surface area (Å²) in [7, 11) is -4.22. The zero-order chi connectivity index (χ0) is 12.0. The SMILES string of the molecule is O=NN(CCCl)S(=O)(=O)Oc1ccccc1. The summed E-state index contributed by atoms with van der Waals surface area (Å²) in [6.07, 6.45) is 0. The molecule has 0 radical (unpaired) electrons. The first-order valence-electron chi connectivity index (χ1n) is 4.26. The quantitative estimate of drug-likeness (QED) is 0.444. The Hall–Kier alpha value is -1.34. The first kappa shape index (κ1) is 12.7. The molecule has 0 aliphatic rings. The number of benzene rings is 1. The second-order valence-electron chi connectivity index (χ2n) is 2.67. The van der Waals surface area contributed by atoms with Crippen molar-refractivity contribution < 1.29 is 12.6 Å². The standard InChI is InChI=1S/C8H9ClN2O4S/c9-6-7-11(10-12)16(13,14)15-8-4-2-1-3-5-8/h1-5H,6-7H2. The third kappa shape index (κ3) is 3.35. The fourth-order valence-corrected chi connectivity index (χ4v) is 2.00. The van der Waals surface area contributed by atoms with Crippen molar-refractivity contribution in [2.75, 3.05) is 12.4 Å². The summed E-state index contributed by atoms with van der Waals surface area (Å²) in [5.41, 5.74) is 0. The Morgan fingerprint density at radius 3 is 2.44 bits per heavy atom.